The fourth-order valence-corrected chi connectivity index (χ4v) is 2.90. The number of aromatic nitrogens is 2. The molecule has 3 aromatic rings. The summed E-state index contributed by atoms with van der Waals surface area (Å²) >= 11 is 0. The number of hydrogen-bond donors (Lipinski definition) is 1. The van der Waals surface area contributed by atoms with Gasteiger partial charge in [0.25, 0.3) is 5.91 Å². The van der Waals surface area contributed by atoms with Gasteiger partial charge in [-0.15, -0.1) is 0 Å². The zero-order valence-electron chi connectivity index (χ0n) is 14.7. The van der Waals surface area contributed by atoms with Crippen LogP contribution in [0.5, 0.6) is 0 Å². The van der Waals surface area contributed by atoms with E-state index in [1.807, 2.05) is 35.9 Å². The van der Waals surface area contributed by atoms with Gasteiger partial charge < -0.3 is 5.32 Å². The van der Waals surface area contributed by atoms with Crippen molar-refractivity contribution in [3.8, 4) is 0 Å². The summed E-state index contributed by atoms with van der Waals surface area (Å²) in [7, 11) is 0. The Labute approximate surface area is 152 Å². The maximum atomic E-state index is 12.3. The zero-order chi connectivity index (χ0) is 18.4. The molecule has 0 bridgehead atoms. The highest BCUT2D eigenvalue weighted by Crippen LogP contribution is 2.10. The first-order chi connectivity index (χ1) is 12.7. The lowest BCUT2D eigenvalue weighted by Gasteiger charge is -2.09. The Morgan fingerprint density at radius 2 is 1.85 bits per heavy atom. The van der Waals surface area contributed by atoms with Gasteiger partial charge in [-0.1, -0.05) is 48.5 Å². The van der Waals surface area contributed by atoms with E-state index < -0.39 is 0 Å². The van der Waals surface area contributed by atoms with Gasteiger partial charge >= 0.3 is 0 Å². The van der Waals surface area contributed by atoms with Gasteiger partial charge in [0, 0.05) is 29.8 Å². The van der Waals surface area contributed by atoms with Crippen molar-refractivity contribution in [1.29, 1.82) is 0 Å². The fraction of sp³-hybridized carbons (Fsp3) is 0.190. The third-order valence-electron chi connectivity index (χ3n) is 4.16. The lowest BCUT2D eigenvalue weighted by atomic mass is 10.1. The number of nitrogens with one attached hydrogen (secondary N) is 1. The van der Waals surface area contributed by atoms with E-state index in [-0.39, 0.29) is 5.91 Å². The molecule has 1 amide bonds. The number of amides is 1. The fourth-order valence-electron chi connectivity index (χ4n) is 2.90. The molecule has 0 fully saturated rings. The Morgan fingerprint density at radius 3 is 2.62 bits per heavy atom. The van der Waals surface area contributed by atoms with Crippen molar-refractivity contribution in [1.82, 2.24) is 15.1 Å². The van der Waals surface area contributed by atoms with Crippen LogP contribution in [0.4, 0.5) is 0 Å². The van der Waals surface area contributed by atoms with Crippen LogP contribution in [-0.2, 0) is 13.0 Å². The molecule has 132 valence electrons. The molecule has 0 saturated heterocycles. The molecule has 0 saturated carbocycles. The predicted molar refractivity (Wildman–Crippen MR) is 100 cm³/mol. The summed E-state index contributed by atoms with van der Waals surface area (Å²) in [6.45, 7) is 3.14. The smallest absolute Gasteiger partial charge is 0.252 e. The lowest BCUT2D eigenvalue weighted by molar-refractivity contribution is 0.0948. The third kappa shape index (κ3) is 4.25. The third-order valence-corrected chi connectivity index (χ3v) is 4.16. The second-order valence-corrected chi connectivity index (χ2v) is 6.13. The average Bonchev–Trinajstić information content (AvgIpc) is 3.01. The topological polar surface area (TPSA) is 64.0 Å². The van der Waals surface area contributed by atoms with Crippen molar-refractivity contribution in [3.63, 3.8) is 0 Å². The van der Waals surface area contributed by atoms with Crippen LogP contribution < -0.4 is 5.32 Å². The highest BCUT2D eigenvalue weighted by molar-refractivity contribution is 6.01. The molecule has 0 atom stereocenters. The monoisotopic (exact) mass is 347 g/mol. The Kier molecular flexibility index (Phi) is 5.59. The molecule has 0 aliphatic carbocycles. The van der Waals surface area contributed by atoms with Crippen molar-refractivity contribution in [2.24, 2.45) is 0 Å². The Balaban J connectivity index is 1.63. The summed E-state index contributed by atoms with van der Waals surface area (Å²) < 4.78 is 1.97. The molecule has 0 aliphatic rings. The maximum absolute atomic E-state index is 12.3. The van der Waals surface area contributed by atoms with Crippen molar-refractivity contribution >= 4 is 12.2 Å². The highest BCUT2D eigenvalue weighted by Gasteiger charge is 2.11. The first-order valence-corrected chi connectivity index (χ1v) is 8.57. The van der Waals surface area contributed by atoms with E-state index >= 15 is 0 Å². The van der Waals surface area contributed by atoms with Gasteiger partial charge in [-0.3, -0.25) is 14.3 Å². The van der Waals surface area contributed by atoms with Crippen LogP contribution in [0, 0.1) is 6.92 Å². The minimum Gasteiger partial charge on any atom is -0.352 e. The molecule has 3 rings (SSSR count). The molecule has 5 nitrogen and oxygen atoms in total. The second-order valence-electron chi connectivity index (χ2n) is 6.13. The first-order valence-electron chi connectivity index (χ1n) is 8.57. The van der Waals surface area contributed by atoms with E-state index in [4.69, 9.17) is 0 Å². The zero-order valence-corrected chi connectivity index (χ0v) is 14.7. The number of carbonyl (C=O) groups is 2. The van der Waals surface area contributed by atoms with E-state index in [0.29, 0.717) is 36.9 Å². The number of carbonyl (C=O) groups excluding carboxylic acids is 2. The van der Waals surface area contributed by atoms with Gasteiger partial charge in [-0.25, -0.2) is 0 Å². The van der Waals surface area contributed by atoms with Crippen LogP contribution in [0.2, 0.25) is 0 Å². The summed E-state index contributed by atoms with van der Waals surface area (Å²) in [5.74, 6) is -0.237. The first kappa shape index (κ1) is 17.6. The summed E-state index contributed by atoms with van der Waals surface area (Å²) in [4.78, 5) is 23.4. The normalized spacial score (nSPS) is 10.5. The van der Waals surface area contributed by atoms with Crippen molar-refractivity contribution < 1.29 is 9.59 Å². The number of benzene rings is 2. The van der Waals surface area contributed by atoms with Crippen molar-refractivity contribution in [2.45, 2.75) is 19.9 Å². The number of nitrogens with zero attached hydrogens (tertiary/aromatic N) is 2. The van der Waals surface area contributed by atoms with Crippen LogP contribution in [0.1, 0.15) is 37.7 Å². The number of rotatable bonds is 7. The number of aryl methyl sites for hydroxylation is 1. The molecule has 0 spiro atoms. The molecule has 1 aromatic heterocycles. The van der Waals surface area contributed by atoms with Gasteiger partial charge in [0.1, 0.15) is 0 Å². The molecular weight excluding hydrogens is 326 g/mol. The average molecular weight is 347 g/mol. The standard InChI is InChI=1S/C21H21N3O2/c1-16-13-19(24(23-16)14-17-7-3-2-4-8-17)11-12-22-21(26)20-10-6-5-9-18(20)15-25/h2-10,13,15H,11-12,14H2,1H3,(H,22,26). The van der Waals surface area contributed by atoms with E-state index in [9.17, 15) is 9.59 Å². The molecular formula is C21H21N3O2. The minimum atomic E-state index is -0.237. The Morgan fingerprint density at radius 1 is 1.12 bits per heavy atom. The molecule has 1 N–H and O–H groups in total. The van der Waals surface area contributed by atoms with Gasteiger partial charge in [0.05, 0.1) is 12.2 Å². The van der Waals surface area contributed by atoms with E-state index in [1.54, 1.807) is 24.3 Å². The van der Waals surface area contributed by atoms with E-state index in [0.717, 1.165) is 11.4 Å². The van der Waals surface area contributed by atoms with Crippen LogP contribution >= 0.6 is 0 Å². The van der Waals surface area contributed by atoms with Gasteiger partial charge in [-0.05, 0) is 24.6 Å². The number of hydrogen-bond acceptors (Lipinski definition) is 3. The molecule has 1 heterocycles. The van der Waals surface area contributed by atoms with Crippen LogP contribution in [0.15, 0.2) is 60.7 Å². The molecule has 5 heteroatoms. The summed E-state index contributed by atoms with van der Waals surface area (Å²) in [5, 5.41) is 7.43. The van der Waals surface area contributed by atoms with Crippen LogP contribution in [-0.4, -0.2) is 28.5 Å². The largest absolute Gasteiger partial charge is 0.352 e. The Hall–Kier alpha value is -3.21. The summed E-state index contributed by atoms with van der Waals surface area (Å²) in [6.07, 6.45) is 1.37. The quantitative estimate of drug-likeness (QED) is 0.668. The van der Waals surface area contributed by atoms with E-state index in [2.05, 4.69) is 22.5 Å². The molecule has 0 unspecified atom stereocenters. The highest BCUT2D eigenvalue weighted by atomic mass is 16.1. The van der Waals surface area contributed by atoms with Crippen molar-refractivity contribution in [2.75, 3.05) is 6.54 Å². The van der Waals surface area contributed by atoms with Crippen molar-refractivity contribution in [3.05, 3.63) is 88.7 Å². The second kappa shape index (κ2) is 8.25. The molecule has 2 aromatic carbocycles. The number of aldehydes is 1. The summed E-state index contributed by atoms with van der Waals surface area (Å²) in [6, 6.07) is 19.0. The Bertz CT molecular complexity index is 901. The molecule has 0 aliphatic heterocycles. The lowest BCUT2D eigenvalue weighted by Crippen LogP contribution is -2.27. The predicted octanol–water partition coefficient (Wildman–Crippen LogP) is 3.02. The van der Waals surface area contributed by atoms with Crippen LogP contribution in [0.3, 0.4) is 0 Å². The van der Waals surface area contributed by atoms with Crippen LogP contribution in [0.25, 0.3) is 0 Å². The molecule has 0 radical (unpaired) electrons. The minimum absolute atomic E-state index is 0.237. The maximum Gasteiger partial charge on any atom is 0.252 e. The van der Waals surface area contributed by atoms with E-state index in [1.165, 1.54) is 5.56 Å². The summed E-state index contributed by atoms with van der Waals surface area (Å²) in [5.41, 5.74) is 4.00. The SMILES string of the molecule is Cc1cc(CCNC(=O)c2ccccc2C=O)n(Cc2ccccc2)n1. The van der Waals surface area contributed by atoms with Gasteiger partial charge in [0.15, 0.2) is 6.29 Å². The molecule has 26 heavy (non-hydrogen) atoms. The van der Waals surface area contributed by atoms with Gasteiger partial charge in [-0.2, -0.15) is 5.10 Å². The van der Waals surface area contributed by atoms with Gasteiger partial charge in [0.2, 0.25) is 0 Å².